The highest BCUT2D eigenvalue weighted by Crippen LogP contribution is 2.31. The molecule has 0 bridgehead atoms. The van der Waals surface area contributed by atoms with Gasteiger partial charge >= 0.3 is 6.18 Å². The zero-order valence-corrected chi connectivity index (χ0v) is 18.7. The number of nitrogens with one attached hydrogen (secondary N) is 1. The summed E-state index contributed by atoms with van der Waals surface area (Å²) >= 11 is 1.47. The molecule has 0 saturated carbocycles. The smallest absolute Gasteiger partial charge is 0.422 e. The maximum absolute atomic E-state index is 12.9. The number of alkyl halides is 3. The minimum atomic E-state index is -4.62. The van der Waals surface area contributed by atoms with Crippen LogP contribution in [0.4, 0.5) is 18.9 Å². The first-order valence-corrected chi connectivity index (χ1v) is 10.9. The molecular weight excluding hydrogens is 455 g/mol. The molecule has 1 aromatic heterocycles. The number of rotatable bonds is 8. The van der Waals surface area contributed by atoms with Crippen LogP contribution in [-0.2, 0) is 6.54 Å². The predicted molar refractivity (Wildman–Crippen MR) is 120 cm³/mol. The lowest BCUT2D eigenvalue weighted by atomic mass is 9.97. The van der Waals surface area contributed by atoms with Crippen LogP contribution in [0, 0.1) is 5.92 Å². The van der Waals surface area contributed by atoms with E-state index in [0.717, 1.165) is 16.1 Å². The second kappa shape index (κ2) is 10.0. The topological polar surface area (TPSA) is 94.3 Å². The van der Waals surface area contributed by atoms with Crippen LogP contribution < -0.4 is 15.8 Å². The van der Waals surface area contributed by atoms with Gasteiger partial charge in [0.15, 0.2) is 18.1 Å². The minimum Gasteiger partial charge on any atom is -0.481 e. The monoisotopic (exact) mass is 477 g/mol. The van der Waals surface area contributed by atoms with E-state index in [4.69, 9.17) is 10.5 Å². The minimum absolute atomic E-state index is 0.0962. The second-order valence-corrected chi connectivity index (χ2v) is 8.48. The third-order valence-electron chi connectivity index (χ3n) is 4.61. The van der Waals surface area contributed by atoms with E-state index in [0.29, 0.717) is 0 Å². The van der Waals surface area contributed by atoms with Crippen LogP contribution in [0.1, 0.15) is 40.1 Å². The van der Waals surface area contributed by atoms with Gasteiger partial charge in [-0.1, -0.05) is 32.0 Å². The van der Waals surface area contributed by atoms with Crippen LogP contribution in [0.25, 0.3) is 10.6 Å². The molecule has 0 radical (unpaired) electrons. The van der Waals surface area contributed by atoms with Gasteiger partial charge in [-0.05, 0) is 23.8 Å². The Morgan fingerprint density at radius 1 is 1.21 bits per heavy atom. The summed E-state index contributed by atoms with van der Waals surface area (Å²) in [6.45, 7) is 1.81. The first kappa shape index (κ1) is 24.2. The summed E-state index contributed by atoms with van der Waals surface area (Å²) in [5.41, 5.74) is 7.18. The number of nitrogen functional groups attached to an aromatic ring is 1. The standard InChI is InChI=1S/C23H22F3N3O3S/c1-13(2)19(30)16-9-17(20(18(27)10-16)32-12-23(24,25)26)21(31)29-11-14-4-3-5-15(8-14)22-28-6-7-33-22/h3-10,13H,11-12,27H2,1-2H3,(H,29,31). The van der Waals surface area contributed by atoms with Crippen LogP contribution >= 0.6 is 11.3 Å². The van der Waals surface area contributed by atoms with Crippen molar-refractivity contribution in [1.29, 1.82) is 0 Å². The number of hydrogen-bond acceptors (Lipinski definition) is 6. The average molecular weight is 478 g/mol. The summed E-state index contributed by atoms with van der Waals surface area (Å²) in [4.78, 5) is 29.6. The highest BCUT2D eigenvalue weighted by molar-refractivity contribution is 7.13. The van der Waals surface area contributed by atoms with Gasteiger partial charge in [0.05, 0.1) is 11.3 Å². The van der Waals surface area contributed by atoms with Crippen LogP contribution in [0.2, 0.25) is 0 Å². The van der Waals surface area contributed by atoms with Crippen molar-refractivity contribution in [3.05, 3.63) is 64.7 Å². The van der Waals surface area contributed by atoms with Crippen molar-refractivity contribution in [2.75, 3.05) is 12.3 Å². The molecule has 6 nitrogen and oxygen atoms in total. The van der Waals surface area contributed by atoms with Gasteiger partial charge in [0.1, 0.15) is 5.01 Å². The number of ketones is 1. The fourth-order valence-corrected chi connectivity index (χ4v) is 3.70. The number of anilines is 1. The number of Topliss-reactive ketones (excluding diaryl/α,β-unsaturated/α-hetero) is 1. The summed E-state index contributed by atoms with van der Waals surface area (Å²) in [5, 5.41) is 5.33. The molecule has 174 valence electrons. The number of carbonyl (C=O) groups is 2. The molecule has 33 heavy (non-hydrogen) atoms. The van der Waals surface area contributed by atoms with Gasteiger partial charge in [-0.25, -0.2) is 4.98 Å². The van der Waals surface area contributed by atoms with Crippen LogP contribution in [-0.4, -0.2) is 29.5 Å². The molecule has 0 aliphatic rings. The lowest BCUT2D eigenvalue weighted by Gasteiger charge is -2.17. The molecule has 0 aliphatic carbocycles. The fraction of sp³-hybridized carbons (Fsp3) is 0.261. The molecule has 1 heterocycles. The number of carbonyl (C=O) groups excluding carboxylic acids is 2. The van der Waals surface area contributed by atoms with E-state index in [1.807, 2.05) is 23.6 Å². The van der Waals surface area contributed by atoms with E-state index in [1.165, 1.54) is 23.5 Å². The summed E-state index contributed by atoms with van der Waals surface area (Å²) in [7, 11) is 0. The lowest BCUT2D eigenvalue weighted by Crippen LogP contribution is -2.26. The van der Waals surface area contributed by atoms with Crippen molar-refractivity contribution >= 4 is 28.7 Å². The van der Waals surface area contributed by atoms with E-state index in [9.17, 15) is 22.8 Å². The van der Waals surface area contributed by atoms with Gasteiger partial charge in [-0.2, -0.15) is 13.2 Å². The number of aromatic nitrogens is 1. The van der Waals surface area contributed by atoms with E-state index in [-0.39, 0.29) is 29.1 Å². The Morgan fingerprint density at radius 3 is 2.61 bits per heavy atom. The summed E-state index contributed by atoms with van der Waals surface area (Å²) in [6.07, 6.45) is -2.93. The zero-order chi connectivity index (χ0) is 24.2. The van der Waals surface area contributed by atoms with E-state index < -0.39 is 30.4 Å². The number of ether oxygens (including phenoxy) is 1. The third kappa shape index (κ3) is 6.32. The van der Waals surface area contributed by atoms with Crippen molar-refractivity contribution in [2.45, 2.75) is 26.6 Å². The molecule has 0 atom stereocenters. The van der Waals surface area contributed by atoms with E-state index >= 15 is 0 Å². The first-order chi connectivity index (χ1) is 15.5. The quantitative estimate of drug-likeness (QED) is 0.348. The van der Waals surface area contributed by atoms with Gasteiger partial charge in [-0.15, -0.1) is 11.3 Å². The van der Waals surface area contributed by atoms with Gasteiger partial charge < -0.3 is 15.8 Å². The van der Waals surface area contributed by atoms with Crippen LogP contribution in [0.15, 0.2) is 48.0 Å². The normalized spacial score (nSPS) is 11.5. The zero-order valence-electron chi connectivity index (χ0n) is 17.9. The Kier molecular flexibility index (Phi) is 7.37. The highest BCUT2D eigenvalue weighted by Gasteiger charge is 2.30. The predicted octanol–water partition coefficient (Wildman–Crippen LogP) is 5.10. The van der Waals surface area contributed by atoms with Gasteiger partial charge in [0.25, 0.3) is 5.91 Å². The Balaban J connectivity index is 1.86. The molecule has 0 aliphatic heterocycles. The van der Waals surface area contributed by atoms with Crippen molar-refractivity contribution < 1.29 is 27.5 Å². The number of hydrogen-bond donors (Lipinski definition) is 2. The summed E-state index contributed by atoms with van der Waals surface area (Å²) in [5.74, 6) is -1.82. The number of benzene rings is 2. The van der Waals surface area contributed by atoms with Crippen LogP contribution in [0.5, 0.6) is 5.75 Å². The summed E-state index contributed by atoms with van der Waals surface area (Å²) in [6, 6.07) is 9.79. The van der Waals surface area contributed by atoms with Crippen molar-refractivity contribution in [2.24, 2.45) is 5.92 Å². The Bertz CT molecular complexity index is 1150. The highest BCUT2D eigenvalue weighted by atomic mass is 32.1. The molecule has 0 saturated heterocycles. The molecule has 0 unspecified atom stereocenters. The Labute approximate surface area is 192 Å². The molecule has 0 fully saturated rings. The fourth-order valence-electron chi connectivity index (χ4n) is 3.07. The lowest BCUT2D eigenvalue weighted by molar-refractivity contribution is -0.153. The molecule has 2 aromatic carbocycles. The van der Waals surface area contributed by atoms with Gasteiger partial charge in [-0.3, -0.25) is 9.59 Å². The van der Waals surface area contributed by atoms with Crippen molar-refractivity contribution in [3.8, 4) is 16.3 Å². The molecule has 1 amide bonds. The number of nitrogens with zero attached hydrogens (tertiary/aromatic N) is 1. The molecule has 3 N–H and O–H groups in total. The molecule has 3 aromatic rings. The van der Waals surface area contributed by atoms with Gasteiger partial charge in [0, 0.05) is 35.2 Å². The Hall–Kier alpha value is -3.40. The van der Waals surface area contributed by atoms with Crippen molar-refractivity contribution in [1.82, 2.24) is 10.3 Å². The SMILES string of the molecule is CC(C)C(=O)c1cc(N)c(OCC(F)(F)F)c(C(=O)NCc2cccc(-c3nccs3)c2)c1. The summed E-state index contributed by atoms with van der Waals surface area (Å²) < 4.78 is 43.0. The largest absolute Gasteiger partial charge is 0.481 e. The molecule has 10 heteroatoms. The molecular formula is C23H22F3N3O3S. The second-order valence-electron chi connectivity index (χ2n) is 7.59. The molecule has 0 spiro atoms. The maximum Gasteiger partial charge on any atom is 0.422 e. The van der Waals surface area contributed by atoms with Crippen LogP contribution in [0.3, 0.4) is 0 Å². The number of amides is 1. The maximum atomic E-state index is 12.9. The first-order valence-electron chi connectivity index (χ1n) is 9.99. The Morgan fingerprint density at radius 2 is 1.97 bits per heavy atom. The van der Waals surface area contributed by atoms with E-state index in [1.54, 1.807) is 26.1 Å². The number of nitrogens with two attached hydrogens (primary N) is 1. The number of halogens is 3. The molecule has 3 rings (SSSR count). The average Bonchev–Trinajstić information content (AvgIpc) is 3.30. The van der Waals surface area contributed by atoms with Gasteiger partial charge in [0.2, 0.25) is 0 Å². The van der Waals surface area contributed by atoms with Crippen molar-refractivity contribution in [3.63, 3.8) is 0 Å². The third-order valence-corrected chi connectivity index (χ3v) is 5.43. The number of thiazole rings is 1. The van der Waals surface area contributed by atoms with E-state index in [2.05, 4.69) is 10.3 Å².